The highest BCUT2D eigenvalue weighted by molar-refractivity contribution is 5.85. The minimum atomic E-state index is 0.160. The van der Waals surface area contributed by atoms with Gasteiger partial charge in [0.2, 0.25) is 0 Å². The van der Waals surface area contributed by atoms with Crippen LogP contribution in [0.3, 0.4) is 0 Å². The van der Waals surface area contributed by atoms with Crippen LogP contribution >= 0.6 is 0 Å². The van der Waals surface area contributed by atoms with Crippen LogP contribution in [0.25, 0.3) is 10.9 Å². The molecule has 1 aromatic heterocycles. The van der Waals surface area contributed by atoms with E-state index in [9.17, 15) is 5.11 Å². The number of para-hydroxylation sites is 1. The zero-order valence-electron chi connectivity index (χ0n) is 10.3. The smallest absolute Gasteiger partial charge is 0.146 e. The second kappa shape index (κ2) is 4.98. The zero-order valence-corrected chi connectivity index (χ0v) is 10.3. The predicted octanol–water partition coefficient (Wildman–Crippen LogP) is 3.52. The lowest BCUT2D eigenvalue weighted by Crippen LogP contribution is -1.96. The summed E-state index contributed by atoms with van der Waals surface area (Å²) in [5.41, 5.74) is 1.87. The van der Waals surface area contributed by atoms with Crippen molar-refractivity contribution in [1.82, 2.24) is 4.98 Å². The van der Waals surface area contributed by atoms with Crippen molar-refractivity contribution < 1.29 is 9.84 Å². The highest BCUT2D eigenvalue weighted by atomic mass is 16.5. The Morgan fingerprint density at radius 1 is 1.00 bits per heavy atom. The summed E-state index contributed by atoms with van der Waals surface area (Å²) in [6.07, 6.45) is 1.43. The highest BCUT2D eigenvalue weighted by Crippen LogP contribution is 2.26. The third-order valence-corrected chi connectivity index (χ3v) is 2.90. The van der Waals surface area contributed by atoms with Crippen LogP contribution in [0, 0.1) is 0 Å². The van der Waals surface area contributed by atoms with Crippen LogP contribution in [0.2, 0.25) is 0 Å². The molecule has 0 spiro atoms. The number of pyridine rings is 1. The normalized spacial score (nSPS) is 10.5. The maximum atomic E-state index is 9.43. The van der Waals surface area contributed by atoms with Gasteiger partial charge in [-0.2, -0.15) is 0 Å². The van der Waals surface area contributed by atoms with Crippen LogP contribution in [0.15, 0.2) is 60.8 Å². The summed E-state index contributed by atoms with van der Waals surface area (Å²) < 4.78 is 5.80. The molecule has 2 aromatic carbocycles. The largest absolute Gasteiger partial charge is 0.506 e. The Hall–Kier alpha value is -2.55. The lowest BCUT2D eigenvalue weighted by atomic mass is 10.2. The molecule has 0 unspecified atom stereocenters. The van der Waals surface area contributed by atoms with E-state index in [1.165, 1.54) is 6.20 Å². The number of aromatic nitrogens is 1. The molecule has 0 bridgehead atoms. The molecule has 3 heteroatoms. The minimum absolute atomic E-state index is 0.160. The van der Waals surface area contributed by atoms with Gasteiger partial charge in [-0.05, 0) is 17.7 Å². The number of nitrogens with zero attached hydrogens (tertiary/aromatic N) is 1. The molecule has 0 fully saturated rings. The highest BCUT2D eigenvalue weighted by Gasteiger charge is 2.04. The van der Waals surface area contributed by atoms with Crippen molar-refractivity contribution >= 4 is 10.9 Å². The summed E-state index contributed by atoms with van der Waals surface area (Å²) >= 11 is 0. The lowest BCUT2D eigenvalue weighted by molar-refractivity contribution is 0.309. The van der Waals surface area contributed by atoms with Crippen LogP contribution in [-0.4, -0.2) is 10.1 Å². The number of hydrogen-bond donors (Lipinski definition) is 1. The molecule has 94 valence electrons. The average molecular weight is 251 g/mol. The minimum Gasteiger partial charge on any atom is -0.506 e. The predicted molar refractivity (Wildman–Crippen MR) is 74.2 cm³/mol. The Morgan fingerprint density at radius 2 is 1.84 bits per heavy atom. The van der Waals surface area contributed by atoms with Crippen molar-refractivity contribution in [3.8, 4) is 11.5 Å². The third-order valence-electron chi connectivity index (χ3n) is 2.90. The molecule has 3 rings (SSSR count). The number of aromatic hydroxyl groups is 1. The van der Waals surface area contributed by atoms with Crippen LogP contribution in [0.1, 0.15) is 5.56 Å². The number of ether oxygens (including phenoxy) is 1. The van der Waals surface area contributed by atoms with Crippen molar-refractivity contribution in [3.63, 3.8) is 0 Å². The van der Waals surface area contributed by atoms with Gasteiger partial charge in [0, 0.05) is 5.39 Å². The van der Waals surface area contributed by atoms with Gasteiger partial charge in [0.1, 0.15) is 23.6 Å². The molecule has 0 aliphatic heterocycles. The van der Waals surface area contributed by atoms with Crippen molar-refractivity contribution in [2.24, 2.45) is 0 Å². The Kier molecular flexibility index (Phi) is 3.02. The fourth-order valence-corrected chi connectivity index (χ4v) is 1.97. The molecule has 0 aliphatic rings. The van der Waals surface area contributed by atoms with Crippen LogP contribution in [0.5, 0.6) is 11.5 Å². The first-order valence-electron chi connectivity index (χ1n) is 6.07. The van der Waals surface area contributed by atoms with E-state index in [0.29, 0.717) is 6.61 Å². The van der Waals surface area contributed by atoms with Gasteiger partial charge in [0.05, 0.1) is 6.20 Å². The van der Waals surface area contributed by atoms with Crippen molar-refractivity contribution in [1.29, 1.82) is 0 Å². The quantitative estimate of drug-likeness (QED) is 0.774. The maximum absolute atomic E-state index is 9.43. The monoisotopic (exact) mass is 251 g/mol. The van der Waals surface area contributed by atoms with E-state index in [0.717, 1.165) is 22.2 Å². The summed E-state index contributed by atoms with van der Waals surface area (Å²) in [5.74, 6) is 0.883. The standard InChI is InChI=1S/C16H13NO2/c18-14-9-13-7-4-8-15(16(13)17-10-14)19-11-12-5-2-1-3-6-12/h1-10,18H,11H2. The van der Waals surface area contributed by atoms with E-state index in [-0.39, 0.29) is 5.75 Å². The van der Waals surface area contributed by atoms with Gasteiger partial charge in [0.25, 0.3) is 0 Å². The van der Waals surface area contributed by atoms with Crippen molar-refractivity contribution in [2.75, 3.05) is 0 Å². The van der Waals surface area contributed by atoms with Gasteiger partial charge < -0.3 is 9.84 Å². The van der Waals surface area contributed by atoms with Crippen LogP contribution in [0.4, 0.5) is 0 Å². The SMILES string of the molecule is Oc1cnc2c(OCc3ccccc3)cccc2c1. The molecular formula is C16H13NO2. The number of benzene rings is 2. The Balaban J connectivity index is 1.89. The summed E-state index contributed by atoms with van der Waals surface area (Å²) in [7, 11) is 0. The van der Waals surface area contributed by atoms with Gasteiger partial charge in [-0.3, -0.25) is 0 Å². The van der Waals surface area contributed by atoms with Crippen molar-refractivity contribution in [3.05, 3.63) is 66.4 Å². The lowest BCUT2D eigenvalue weighted by Gasteiger charge is -2.08. The zero-order chi connectivity index (χ0) is 13.1. The Morgan fingerprint density at radius 3 is 2.68 bits per heavy atom. The fraction of sp³-hybridized carbons (Fsp3) is 0.0625. The Bertz CT molecular complexity index is 695. The molecule has 0 aliphatic carbocycles. The summed E-state index contributed by atoms with van der Waals surface area (Å²) in [5, 5.41) is 10.3. The number of hydrogen-bond acceptors (Lipinski definition) is 3. The molecule has 0 amide bonds. The molecule has 1 N–H and O–H groups in total. The molecule has 3 aromatic rings. The van der Waals surface area contributed by atoms with Gasteiger partial charge in [0.15, 0.2) is 0 Å². The Labute approximate surface area is 111 Å². The molecule has 0 saturated carbocycles. The number of fused-ring (bicyclic) bond motifs is 1. The summed E-state index contributed by atoms with van der Waals surface area (Å²) in [6, 6.07) is 17.3. The van der Waals surface area contributed by atoms with Crippen LogP contribution in [-0.2, 0) is 6.61 Å². The molecule has 0 atom stereocenters. The molecular weight excluding hydrogens is 238 g/mol. The van der Waals surface area contributed by atoms with E-state index < -0.39 is 0 Å². The van der Waals surface area contributed by atoms with Gasteiger partial charge >= 0.3 is 0 Å². The number of rotatable bonds is 3. The van der Waals surface area contributed by atoms with Gasteiger partial charge in [-0.1, -0.05) is 42.5 Å². The topological polar surface area (TPSA) is 42.4 Å². The van der Waals surface area contributed by atoms with Gasteiger partial charge in [-0.25, -0.2) is 4.98 Å². The van der Waals surface area contributed by atoms with E-state index in [2.05, 4.69) is 4.98 Å². The third kappa shape index (κ3) is 2.50. The van der Waals surface area contributed by atoms with E-state index >= 15 is 0 Å². The summed E-state index contributed by atoms with van der Waals surface area (Å²) in [6.45, 7) is 0.502. The first-order chi connectivity index (χ1) is 9.33. The average Bonchev–Trinajstić information content (AvgIpc) is 2.45. The fourth-order valence-electron chi connectivity index (χ4n) is 1.97. The second-order valence-corrected chi connectivity index (χ2v) is 4.30. The van der Waals surface area contributed by atoms with E-state index in [1.807, 2.05) is 48.5 Å². The molecule has 19 heavy (non-hydrogen) atoms. The molecule has 0 saturated heterocycles. The second-order valence-electron chi connectivity index (χ2n) is 4.30. The molecule has 0 radical (unpaired) electrons. The summed E-state index contributed by atoms with van der Waals surface area (Å²) in [4.78, 5) is 4.22. The first kappa shape index (κ1) is 11.5. The van der Waals surface area contributed by atoms with E-state index in [1.54, 1.807) is 6.07 Å². The first-order valence-corrected chi connectivity index (χ1v) is 6.07. The molecule has 1 heterocycles. The molecule has 3 nitrogen and oxygen atoms in total. The van der Waals surface area contributed by atoms with Crippen molar-refractivity contribution in [2.45, 2.75) is 6.61 Å². The van der Waals surface area contributed by atoms with Crippen LogP contribution < -0.4 is 4.74 Å². The maximum Gasteiger partial charge on any atom is 0.146 e. The van der Waals surface area contributed by atoms with E-state index in [4.69, 9.17) is 4.74 Å². The van der Waals surface area contributed by atoms with Gasteiger partial charge in [-0.15, -0.1) is 0 Å².